The highest BCUT2D eigenvalue weighted by atomic mass is 79.9. The van der Waals surface area contributed by atoms with Gasteiger partial charge < -0.3 is 15.4 Å². The minimum atomic E-state index is -0.107. The van der Waals surface area contributed by atoms with Gasteiger partial charge in [-0.2, -0.15) is 0 Å². The van der Waals surface area contributed by atoms with Gasteiger partial charge in [-0.25, -0.2) is 4.98 Å². The van der Waals surface area contributed by atoms with E-state index in [2.05, 4.69) is 31.5 Å². The zero-order chi connectivity index (χ0) is 14.1. The largest absolute Gasteiger partial charge is 0.385 e. The fraction of sp³-hybridized carbons (Fsp3) is 0.538. The van der Waals surface area contributed by atoms with E-state index in [9.17, 15) is 4.79 Å². The Kier molecular flexibility index (Phi) is 7.43. The molecular weight excluding hydrogens is 310 g/mol. The van der Waals surface area contributed by atoms with Crippen molar-refractivity contribution >= 4 is 27.7 Å². The predicted molar refractivity (Wildman–Crippen MR) is 79.5 cm³/mol. The molecule has 1 aromatic heterocycles. The number of nitrogens with zero attached hydrogens (tertiary/aromatic N) is 1. The van der Waals surface area contributed by atoms with Crippen LogP contribution in [0.15, 0.2) is 16.7 Å². The number of aromatic nitrogens is 1. The van der Waals surface area contributed by atoms with Crippen LogP contribution < -0.4 is 10.6 Å². The average molecular weight is 330 g/mol. The molecule has 0 aliphatic heterocycles. The van der Waals surface area contributed by atoms with Crippen LogP contribution in [0.1, 0.15) is 29.6 Å². The number of pyridine rings is 1. The Morgan fingerprint density at radius 2 is 2.21 bits per heavy atom. The van der Waals surface area contributed by atoms with Gasteiger partial charge >= 0.3 is 0 Å². The second-order valence-electron chi connectivity index (χ2n) is 4.11. The molecule has 0 aromatic carbocycles. The van der Waals surface area contributed by atoms with Crippen LogP contribution in [-0.4, -0.2) is 38.2 Å². The van der Waals surface area contributed by atoms with Crippen LogP contribution >= 0.6 is 15.9 Å². The third-order valence-electron chi connectivity index (χ3n) is 2.65. The molecule has 0 spiro atoms. The topological polar surface area (TPSA) is 63.2 Å². The van der Waals surface area contributed by atoms with Gasteiger partial charge in [0, 0.05) is 38.0 Å². The third kappa shape index (κ3) is 5.57. The number of ether oxygens (including phenoxy) is 1. The lowest BCUT2D eigenvalue weighted by Crippen LogP contribution is -2.25. The van der Waals surface area contributed by atoms with Gasteiger partial charge in [-0.1, -0.05) is 0 Å². The van der Waals surface area contributed by atoms with Crippen LogP contribution in [0.5, 0.6) is 0 Å². The van der Waals surface area contributed by atoms with Crippen LogP contribution in [0, 0.1) is 0 Å². The van der Waals surface area contributed by atoms with Crippen LogP contribution in [0.2, 0.25) is 0 Å². The minimum Gasteiger partial charge on any atom is -0.385 e. The van der Waals surface area contributed by atoms with Crippen molar-refractivity contribution in [2.45, 2.75) is 19.3 Å². The number of amides is 1. The molecule has 1 amide bonds. The summed E-state index contributed by atoms with van der Waals surface area (Å²) < 4.78 is 5.76. The summed E-state index contributed by atoms with van der Waals surface area (Å²) in [7, 11) is 3.44. The molecule has 5 nitrogen and oxygen atoms in total. The molecule has 2 N–H and O–H groups in total. The van der Waals surface area contributed by atoms with Crippen LogP contribution in [0.3, 0.4) is 0 Å². The average Bonchev–Trinajstić information content (AvgIpc) is 2.42. The van der Waals surface area contributed by atoms with Gasteiger partial charge in [-0.15, -0.1) is 0 Å². The number of anilines is 1. The highest BCUT2D eigenvalue weighted by Crippen LogP contribution is 2.17. The van der Waals surface area contributed by atoms with Crippen molar-refractivity contribution in [2.75, 3.05) is 32.6 Å². The standard InChI is InChI=1S/C13H20BrN3O2/c1-15-12-11(8-10(14)9-17-12)13(18)16-6-4-3-5-7-19-2/h8-9H,3-7H2,1-2H3,(H,15,17)(H,16,18). The van der Waals surface area contributed by atoms with Gasteiger partial charge in [0.15, 0.2) is 0 Å². The maximum absolute atomic E-state index is 12.0. The Morgan fingerprint density at radius 1 is 1.42 bits per heavy atom. The van der Waals surface area contributed by atoms with Crippen molar-refractivity contribution in [3.63, 3.8) is 0 Å². The summed E-state index contributed by atoms with van der Waals surface area (Å²) in [6.07, 6.45) is 4.68. The lowest BCUT2D eigenvalue weighted by Gasteiger charge is -2.09. The predicted octanol–water partition coefficient (Wildman–Crippen LogP) is 2.43. The first kappa shape index (κ1) is 15.9. The van der Waals surface area contributed by atoms with Gasteiger partial charge in [0.2, 0.25) is 0 Å². The van der Waals surface area contributed by atoms with Crippen molar-refractivity contribution in [2.24, 2.45) is 0 Å². The Bertz CT molecular complexity index is 413. The number of methoxy groups -OCH3 is 1. The van der Waals surface area contributed by atoms with Gasteiger partial charge in [0.05, 0.1) is 5.56 Å². The Hall–Kier alpha value is -1.14. The van der Waals surface area contributed by atoms with Crippen molar-refractivity contribution in [3.05, 3.63) is 22.3 Å². The molecule has 1 rings (SSSR count). The van der Waals surface area contributed by atoms with Gasteiger partial charge in [0.1, 0.15) is 5.82 Å². The molecule has 1 heterocycles. The number of hydrogen-bond acceptors (Lipinski definition) is 4. The molecule has 0 saturated heterocycles. The van der Waals surface area contributed by atoms with E-state index in [-0.39, 0.29) is 5.91 Å². The van der Waals surface area contributed by atoms with E-state index >= 15 is 0 Å². The van der Waals surface area contributed by atoms with Crippen molar-refractivity contribution in [1.29, 1.82) is 0 Å². The van der Waals surface area contributed by atoms with Crippen LogP contribution in [0.4, 0.5) is 5.82 Å². The maximum atomic E-state index is 12.0. The monoisotopic (exact) mass is 329 g/mol. The molecule has 0 unspecified atom stereocenters. The molecule has 1 aromatic rings. The fourth-order valence-corrected chi connectivity index (χ4v) is 1.99. The molecule has 0 fully saturated rings. The minimum absolute atomic E-state index is 0.107. The number of carbonyl (C=O) groups excluding carboxylic acids is 1. The van der Waals surface area contributed by atoms with E-state index in [1.807, 2.05) is 0 Å². The normalized spacial score (nSPS) is 10.3. The molecule has 106 valence electrons. The summed E-state index contributed by atoms with van der Waals surface area (Å²) in [5.74, 6) is 0.477. The van der Waals surface area contributed by atoms with Gasteiger partial charge in [-0.05, 0) is 41.3 Å². The van der Waals surface area contributed by atoms with E-state index in [0.717, 1.165) is 30.3 Å². The summed E-state index contributed by atoms with van der Waals surface area (Å²) in [5, 5.41) is 5.81. The number of nitrogens with one attached hydrogen (secondary N) is 2. The Morgan fingerprint density at radius 3 is 2.89 bits per heavy atom. The zero-order valence-corrected chi connectivity index (χ0v) is 12.9. The van der Waals surface area contributed by atoms with E-state index < -0.39 is 0 Å². The molecule has 19 heavy (non-hydrogen) atoms. The maximum Gasteiger partial charge on any atom is 0.255 e. The smallest absolute Gasteiger partial charge is 0.255 e. The molecule has 0 bridgehead atoms. The summed E-state index contributed by atoms with van der Waals surface area (Å²) in [6, 6.07) is 1.76. The molecule has 0 aliphatic rings. The fourth-order valence-electron chi connectivity index (χ4n) is 1.66. The second-order valence-corrected chi connectivity index (χ2v) is 5.02. The lowest BCUT2D eigenvalue weighted by molar-refractivity contribution is 0.0953. The third-order valence-corrected chi connectivity index (χ3v) is 3.08. The molecule has 0 atom stereocenters. The molecule has 6 heteroatoms. The lowest BCUT2D eigenvalue weighted by atomic mass is 10.2. The number of halogens is 1. The Balaban J connectivity index is 2.43. The molecule has 0 radical (unpaired) electrons. The van der Waals surface area contributed by atoms with Gasteiger partial charge in [0.25, 0.3) is 5.91 Å². The van der Waals surface area contributed by atoms with Crippen molar-refractivity contribution in [1.82, 2.24) is 10.3 Å². The quantitative estimate of drug-likeness (QED) is 0.719. The van der Waals surface area contributed by atoms with Crippen LogP contribution in [0.25, 0.3) is 0 Å². The first-order valence-corrected chi connectivity index (χ1v) is 7.08. The number of carbonyl (C=O) groups is 1. The summed E-state index contributed by atoms with van der Waals surface area (Å²) in [6.45, 7) is 1.44. The van der Waals surface area contributed by atoms with E-state index in [1.165, 1.54) is 0 Å². The highest BCUT2D eigenvalue weighted by Gasteiger charge is 2.11. The van der Waals surface area contributed by atoms with Crippen molar-refractivity contribution in [3.8, 4) is 0 Å². The summed E-state index contributed by atoms with van der Waals surface area (Å²) in [4.78, 5) is 16.2. The number of rotatable bonds is 8. The van der Waals surface area contributed by atoms with Gasteiger partial charge in [-0.3, -0.25) is 4.79 Å². The van der Waals surface area contributed by atoms with E-state index in [4.69, 9.17) is 4.74 Å². The zero-order valence-electron chi connectivity index (χ0n) is 11.3. The van der Waals surface area contributed by atoms with Crippen molar-refractivity contribution < 1.29 is 9.53 Å². The summed E-state index contributed by atoms with van der Waals surface area (Å²) in [5.41, 5.74) is 0.550. The summed E-state index contributed by atoms with van der Waals surface area (Å²) >= 11 is 3.32. The number of unbranched alkanes of at least 4 members (excludes halogenated alkanes) is 2. The number of hydrogen-bond donors (Lipinski definition) is 2. The Labute approximate surface area is 122 Å². The highest BCUT2D eigenvalue weighted by molar-refractivity contribution is 9.10. The molecular formula is C13H20BrN3O2. The molecule has 0 aliphatic carbocycles. The van der Waals surface area contributed by atoms with E-state index in [1.54, 1.807) is 26.4 Å². The first-order valence-electron chi connectivity index (χ1n) is 6.29. The molecule has 0 saturated carbocycles. The SMILES string of the molecule is CNc1ncc(Br)cc1C(=O)NCCCCCOC. The first-order chi connectivity index (χ1) is 9.19. The van der Waals surface area contributed by atoms with Crippen LogP contribution in [-0.2, 0) is 4.74 Å². The van der Waals surface area contributed by atoms with E-state index in [0.29, 0.717) is 17.9 Å². The second kappa shape index (κ2) is 8.87.